The molecule has 1 heterocycles. The van der Waals surface area contributed by atoms with Crippen molar-refractivity contribution in [3.63, 3.8) is 0 Å². The molecule has 2 amide bonds. The fraction of sp³-hybridized carbons (Fsp3) is 0.300. The maximum absolute atomic E-state index is 14.3. The fourth-order valence-electron chi connectivity index (χ4n) is 3.75. The summed E-state index contributed by atoms with van der Waals surface area (Å²) in [5, 5.41) is 16.1. The molecule has 1 unspecified atom stereocenters. The lowest BCUT2D eigenvalue weighted by Crippen LogP contribution is -2.39. The molecule has 6 heteroatoms. The first-order valence-electron chi connectivity index (χ1n) is 8.67. The van der Waals surface area contributed by atoms with Crippen molar-refractivity contribution in [2.45, 2.75) is 31.3 Å². The van der Waals surface area contributed by atoms with Gasteiger partial charge < -0.3 is 15.7 Å². The Bertz CT molecular complexity index is 912. The molecule has 2 aliphatic rings. The molecule has 1 atom stereocenters. The third-order valence-corrected chi connectivity index (χ3v) is 5.20. The molecule has 0 saturated carbocycles. The van der Waals surface area contributed by atoms with Gasteiger partial charge in [-0.15, -0.1) is 0 Å². The van der Waals surface area contributed by atoms with Crippen LogP contribution in [0.15, 0.2) is 36.4 Å². The Hall–Kier alpha value is -2.73. The van der Waals surface area contributed by atoms with Gasteiger partial charge in [-0.2, -0.15) is 0 Å². The second-order valence-electron chi connectivity index (χ2n) is 6.91. The highest BCUT2D eigenvalue weighted by Crippen LogP contribution is 2.36. The summed E-state index contributed by atoms with van der Waals surface area (Å²) < 4.78 is 14.3. The van der Waals surface area contributed by atoms with Crippen LogP contribution < -0.4 is 10.6 Å². The Morgan fingerprint density at radius 1 is 1.19 bits per heavy atom. The minimum Gasteiger partial charge on any atom is -0.383 e. The normalized spacial score (nSPS) is 20.9. The first kappa shape index (κ1) is 16.7. The van der Waals surface area contributed by atoms with Gasteiger partial charge in [0.15, 0.2) is 0 Å². The molecule has 0 radical (unpaired) electrons. The summed E-state index contributed by atoms with van der Waals surface area (Å²) in [6.45, 7) is 0.0239. The maximum atomic E-state index is 14.3. The molecule has 3 N–H and O–H groups in total. The summed E-state index contributed by atoms with van der Waals surface area (Å²) in [6.07, 6.45) is 2.05. The molecule has 0 spiro atoms. The van der Waals surface area contributed by atoms with Crippen molar-refractivity contribution in [1.29, 1.82) is 0 Å². The summed E-state index contributed by atoms with van der Waals surface area (Å²) >= 11 is 0. The number of benzene rings is 2. The molecule has 0 fully saturated rings. The molecule has 0 aromatic heterocycles. The van der Waals surface area contributed by atoms with Gasteiger partial charge in [-0.05, 0) is 48.1 Å². The third-order valence-electron chi connectivity index (χ3n) is 5.20. The van der Waals surface area contributed by atoms with E-state index in [-0.39, 0.29) is 18.0 Å². The average molecular weight is 354 g/mol. The molecular weight excluding hydrogens is 335 g/mol. The number of amides is 2. The standard InChI is InChI=1S/C20H19FN2O3/c21-16-10-17-13(5-6-18(24)23-17)9-14(16)19(25)22-11-20(26)8-7-12-3-1-2-4-15(12)20/h1-4,9-10,26H,5-8,11H2,(H,22,25)(H,23,24). The summed E-state index contributed by atoms with van der Waals surface area (Å²) in [5.74, 6) is -1.42. The number of nitrogens with one attached hydrogen (secondary N) is 2. The third kappa shape index (κ3) is 2.86. The zero-order valence-corrected chi connectivity index (χ0v) is 14.1. The first-order valence-corrected chi connectivity index (χ1v) is 8.67. The Morgan fingerprint density at radius 3 is 2.85 bits per heavy atom. The zero-order valence-electron chi connectivity index (χ0n) is 14.1. The Balaban J connectivity index is 1.52. The summed E-state index contributed by atoms with van der Waals surface area (Å²) in [5.41, 5.74) is 1.83. The van der Waals surface area contributed by atoms with E-state index in [4.69, 9.17) is 0 Å². The number of aliphatic hydroxyl groups is 1. The van der Waals surface area contributed by atoms with Crippen molar-refractivity contribution in [2.24, 2.45) is 0 Å². The van der Waals surface area contributed by atoms with Crippen molar-refractivity contribution in [2.75, 3.05) is 11.9 Å². The number of rotatable bonds is 3. The van der Waals surface area contributed by atoms with E-state index in [1.807, 2.05) is 24.3 Å². The van der Waals surface area contributed by atoms with Crippen LogP contribution in [0.2, 0.25) is 0 Å². The predicted octanol–water partition coefficient (Wildman–Crippen LogP) is 2.27. The van der Waals surface area contributed by atoms with Gasteiger partial charge in [-0.1, -0.05) is 24.3 Å². The SMILES string of the molecule is O=C1CCc2cc(C(=O)NCC3(O)CCc4ccccc43)c(F)cc2N1. The van der Waals surface area contributed by atoms with E-state index < -0.39 is 17.3 Å². The van der Waals surface area contributed by atoms with Gasteiger partial charge in [0.1, 0.15) is 11.4 Å². The van der Waals surface area contributed by atoms with E-state index in [1.54, 1.807) is 0 Å². The number of hydrogen-bond acceptors (Lipinski definition) is 3. The lowest BCUT2D eigenvalue weighted by Gasteiger charge is -2.25. The number of anilines is 1. The Kier molecular flexibility index (Phi) is 4.00. The second-order valence-corrected chi connectivity index (χ2v) is 6.91. The van der Waals surface area contributed by atoms with E-state index in [1.165, 1.54) is 12.1 Å². The lowest BCUT2D eigenvalue weighted by atomic mass is 9.95. The highest BCUT2D eigenvalue weighted by atomic mass is 19.1. The highest BCUT2D eigenvalue weighted by molar-refractivity contribution is 5.98. The number of carbonyl (C=O) groups excluding carboxylic acids is 2. The smallest absolute Gasteiger partial charge is 0.254 e. The van der Waals surface area contributed by atoms with E-state index in [0.29, 0.717) is 24.9 Å². The Labute approximate surface area is 150 Å². The molecule has 0 bridgehead atoms. The van der Waals surface area contributed by atoms with Crippen LogP contribution in [0.1, 0.15) is 39.9 Å². The van der Waals surface area contributed by atoms with Gasteiger partial charge in [0, 0.05) is 12.1 Å². The van der Waals surface area contributed by atoms with E-state index in [9.17, 15) is 19.1 Å². The van der Waals surface area contributed by atoms with Crippen molar-refractivity contribution in [3.05, 3.63) is 64.5 Å². The molecule has 134 valence electrons. The van der Waals surface area contributed by atoms with Crippen molar-refractivity contribution >= 4 is 17.5 Å². The first-order chi connectivity index (χ1) is 12.5. The van der Waals surface area contributed by atoms with Gasteiger partial charge >= 0.3 is 0 Å². The van der Waals surface area contributed by atoms with Crippen molar-refractivity contribution in [3.8, 4) is 0 Å². The van der Waals surface area contributed by atoms with Crippen LogP contribution in [0.3, 0.4) is 0 Å². The van der Waals surface area contributed by atoms with Crippen molar-refractivity contribution < 1.29 is 19.1 Å². The molecule has 4 rings (SSSR count). The summed E-state index contributed by atoms with van der Waals surface area (Å²) in [7, 11) is 0. The molecule has 0 saturated heterocycles. The van der Waals surface area contributed by atoms with Gasteiger partial charge in [-0.25, -0.2) is 4.39 Å². The van der Waals surface area contributed by atoms with Gasteiger partial charge in [0.05, 0.1) is 12.1 Å². The van der Waals surface area contributed by atoms with Gasteiger partial charge in [0.2, 0.25) is 5.91 Å². The molecular formula is C20H19FN2O3. The number of aryl methyl sites for hydroxylation is 2. The quantitative estimate of drug-likeness (QED) is 0.791. The van der Waals surface area contributed by atoms with E-state index in [2.05, 4.69) is 10.6 Å². The second kappa shape index (κ2) is 6.21. The minimum absolute atomic E-state index is 0.0239. The molecule has 2 aromatic rings. The predicted molar refractivity (Wildman–Crippen MR) is 94.3 cm³/mol. The average Bonchev–Trinajstić information content (AvgIpc) is 2.97. The maximum Gasteiger partial charge on any atom is 0.254 e. The van der Waals surface area contributed by atoms with Crippen LogP contribution in [-0.2, 0) is 23.2 Å². The van der Waals surface area contributed by atoms with Crippen LogP contribution in [-0.4, -0.2) is 23.5 Å². The monoisotopic (exact) mass is 354 g/mol. The highest BCUT2D eigenvalue weighted by Gasteiger charge is 2.36. The summed E-state index contributed by atoms with van der Waals surface area (Å²) in [4.78, 5) is 23.9. The van der Waals surface area contributed by atoms with Crippen LogP contribution >= 0.6 is 0 Å². The number of hydrogen-bond donors (Lipinski definition) is 3. The number of fused-ring (bicyclic) bond motifs is 2. The molecule has 1 aliphatic carbocycles. The van der Waals surface area contributed by atoms with Gasteiger partial charge in [-0.3, -0.25) is 9.59 Å². The van der Waals surface area contributed by atoms with E-state index >= 15 is 0 Å². The van der Waals surface area contributed by atoms with Crippen LogP contribution in [0.5, 0.6) is 0 Å². The number of carbonyl (C=O) groups is 2. The van der Waals surface area contributed by atoms with Crippen molar-refractivity contribution in [1.82, 2.24) is 5.32 Å². The molecule has 26 heavy (non-hydrogen) atoms. The summed E-state index contributed by atoms with van der Waals surface area (Å²) in [6, 6.07) is 10.3. The molecule has 1 aliphatic heterocycles. The largest absolute Gasteiger partial charge is 0.383 e. The van der Waals surface area contributed by atoms with Gasteiger partial charge in [0.25, 0.3) is 5.91 Å². The zero-order chi connectivity index (χ0) is 18.3. The Morgan fingerprint density at radius 2 is 2.00 bits per heavy atom. The fourth-order valence-corrected chi connectivity index (χ4v) is 3.75. The minimum atomic E-state index is -1.13. The lowest BCUT2D eigenvalue weighted by molar-refractivity contribution is -0.116. The van der Waals surface area contributed by atoms with Crippen LogP contribution in [0, 0.1) is 5.82 Å². The molecule has 5 nitrogen and oxygen atoms in total. The van der Waals surface area contributed by atoms with E-state index in [0.717, 1.165) is 23.1 Å². The topological polar surface area (TPSA) is 78.4 Å². The number of halogens is 1. The van der Waals surface area contributed by atoms with Crippen LogP contribution in [0.25, 0.3) is 0 Å². The van der Waals surface area contributed by atoms with Crippen LogP contribution in [0.4, 0.5) is 10.1 Å². The molecule has 2 aromatic carbocycles.